The number of nitrogens with one attached hydrogen (secondary N) is 2. The van der Waals surface area contributed by atoms with E-state index in [0.29, 0.717) is 18.5 Å². The minimum Gasteiger partial charge on any atom is -0.445 e. The molecule has 1 amide bonds. The highest BCUT2D eigenvalue weighted by atomic mass is 16.5. The van der Waals surface area contributed by atoms with Crippen molar-refractivity contribution in [3.05, 3.63) is 76.5 Å². The fourth-order valence-electron chi connectivity index (χ4n) is 2.30. The Hall–Kier alpha value is -3.35. The van der Waals surface area contributed by atoms with Crippen molar-refractivity contribution in [2.75, 3.05) is 6.54 Å². The summed E-state index contributed by atoms with van der Waals surface area (Å²) in [5.74, 6) is 0. The molecule has 128 valence electrons. The third-order valence-electron chi connectivity index (χ3n) is 3.54. The Labute approximate surface area is 144 Å². The molecule has 0 atom stereocenters. The standard InChI is InChI=1S/C18H18N4O3/c23-17-16-10-15(11-22(16)21-13-20-17)8-4-5-9-19-18(24)25-12-14-6-2-1-3-7-14/h1-4,6-8,10-11,13H,5,9,12H2,(H,19,24)(H,20,21,23). The summed E-state index contributed by atoms with van der Waals surface area (Å²) in [6.45, 7) is 0.720. The van der Waals surface area contributed by atoms with E-state index in [9.17, 15) is 9.59 Å². The quantitative estimate of drug-likeness (QED) is 0.675. The number of alkyl carbamates (subject to hydrolysis) is 1. The zero-order valence-electron chi connectivity index (χ0n) is 13.5. The molecule has 0 aliphatic heterocycles. The van der Waals surface area contributed by atoms with Gasteiger partial charge >= 0.3 is 6.09 Å². The molecule has 3 rings (SSSR count). The number of rotatable bonds is 6. The van der Waals surface area contributed by atoms with Gasteiger partial charge in [-0.15, -0.1) is 0 Å². The fourth-order valence-corrected chi connectivity index (χ4v) is 2.30. The van der Waals surface area contributed by atoms with E-state index in [1.807, 2.05) is 42.5 Å². The van der Waals surface area contributed by atoms with Gasteiger partial charge in [-0.25, -0.2) is 9.31 Å². The number of aromatic nitrogens is 3. The Balaban J connectivity index is 1.41. The summed E-state index contributed by atoms with van der Waals surface area (Å²) < 4.78 is 6.65. The summed E-state index contributed by atoms with van der Waals surface area (Å²) in [7, 11) is 0. The number of nitrogens with zero attached hydrogens (tertiary/aromatic N) is 2. The van der Waals surface area contributed by atoms with E-state index in [4.69, 9.17) is 4.74 Å². The van der Waals surface area contributed by atoms with Gasteiger partial charge in [-0.3, -0.25) is 4.79 Å². The second-order valence-electron chi connectivity index (χ2n) is 5.40. The van der Waals surface area contributed by atoms with Crippen LogP contribution in [-0.2, 0) is 11.3 Å². The summed E-state index contributed by atoms with van der Waals surface area (Å²) in [6, 6.07) is 11.3. The topological polar surface area (TPSA) is 88.5 Å². The van der Waals surface area contributed by atoms with Crippen LogP contribution in [0.5, 0.6) is 0 Å². The van der Waals surface area contributed by atoms with Gasteiger partial charge in [0.2, 0.25) is 0 Å². The molecule has 7 heteroatoms. The number of aromatic amines is 1. The molecule has 7 nitrogen and oxygen atoms in total. The molecule has 0 fully saturated rings. The summed E-state index contributed by atoms with van der Waals surface area (Å²) in [5.41, 5.74) is 2.13. The molecule has 1 aromatic carbocycles. The van der Waals surface area contributed by atoms with Crippen molar-refractivity contribution in [1.82, 2.24) is 19.9 Å². The summed E-state index contributed by atoms with van der Waals surface area (Å²) >= 11 is 0. The van der Waals surface area contributed by atoms with Gasteiger partial charge in [0.15, 0.2) is 0 Å². The molecular weight excluding hydrogens is 320 g/mol. The van der Waals surface area contributed by atoms with E-state index in [1.165, 1.54) is 10.8 Å². The lowest BCUT2D eigenvalue weighted by Gasteiger charge is -2.05. The van der Waals surface area contributed by atoms with Gasteiger partial charge < -0.3 is 15.0 Å². The molecule has 0 unspecified atom stereocenters. The first-order valence-corrected chi connectivity index (χ1v) is 7.89. The fraction of sp³-hybridized carbons (Fsp3) is 0.167. The molecule has 0 radical (unpaired) electrons. The highest BCUT2D eigenvalue weighted by Crippen LogP contribution is 2.06. The molecule has 25 heavy (non-hydrogen) atoms. The lowest BCUT2D eigenvalue weighted by Crippen LogP contribution is -2.24. The van der Waals surface area contributed by atoms with Crippen molar-refractivity contribution >= 4 is 17.7 Å². The minimum atomic E-state index is -0.442. The molecule has 0 saturated heterocycles. The summed E-state index contributed by atoms with van der Waals surface area (Å²) in [6.07, 6.45) is 7.13. The number of benzene rings is 1. The monoisotopic (exact) mass is 338 g/mol. The lowest BCUT2D eigenvalue weighted by molar-refractivity contribution is 0.140. The van der Waals surface area contributed by atoms with Crippen LogP contribution >= 0.6 is 0 Å². The van der Waals surface area contributed by atoms with E-state index in [2.05, 4.69) is 15.4 Å². The molecule has 0 spiro atoms. The molecule has 0 aliphatic carbocycles. The van der Waals surface area contributed by atoms with Gasteiger partial charge in [-0.2, -0.15) is 5.10 Å². The van der Waals surface area contributed by atoms with Crippen molar-refractivity contribution in [2.24, 2.45) is 0 Å². The first-order valence-electron chi connectivity index (χ1n) is 7.89. The van der Waals surface area contributed by atoms with Gasteiger partial charge in [0.1, 0.15) is 18.5 Å². The molecule has 0 bridgehead atoms. The zero-order chi connectivity index (χ0) is 17.5. The number of amides is 1. The van der Waals surface area contributed by atoms with Crippen LogP contribution in [0.4, 0.5) is 4.79 Å². The first kappa shape index (κ1) is 16.5. The maximum absolute atomic E-state index is 11.6. The van der Waals surface area contributed by atoms with Crippen molar-refractivity contribution in [3.8, 4) is 0 Å². The van der Waals surface area contributed by atoms with Crippen LogP contribution in [0.1, 0.15) is 17.5 Å². The third-order valence-corrected chi connectivity index (χ3v) is 3.54. The number of hydrogen-bond donors (Lipinski definition) is 2. The summed E-state index contributed by atoms with van der Waals surface area (Å²) in [5, 5.41) is 6.72. The Morgan fingerprint density at radius 3 is 2.96 bits per heavy atom. The average Bonchev–Trinajstić information content (AvgIpc) is 3.05. The maximum atomic E-state index is 11.6. The van der Waals surface area contributed by atoms with Gasteiger partial charge in [0.05, 0.1) is 0 Å². The van der Waals surface area contributed by atoms with Crippen LogP contribution < -0.4 is 10.9 Å². The van der Waals surface area contributed by atoms with Crippen molar-refractivity contribution < 1.29 is 9.53 Å². The predicted octanol–water partition coefficient (Wildman–Crippen LogP) is 2.35. The number of ether oxygens (including phenoxy) is 1. The van der Waals surface area contributed by atoms with Crippen molar-refractivity contribution in [2.45, 2.75) is 13.0 Å². The zero-order valence-corrected chi connectivity index (χ0v) is 13.5. The van der Waals surface area contributed by atoms with Crippen LogP contribution in [0.25, 0.3) is 11.6 Å². The first-order chi connectivity index (χ1) is 12.2. The normalized spacial score (nSPS) is 11.0. The lowest BCUT2D eigenvalue weighted by atomic mass is 10.2. The van der Waals surface area contributed by atoms with Gasteiger partial charge in [0.25, 0.3) is 5.56 Å². The molecule has 0 saturated carbocycles. The maximum Gasteiger partial charge on any atom is 0.407 e. The van der Waals surface area contributed by atoms with Crippen molar-refractivity contribution in [1.29, 1.82) is 0 Å². The SMILES string of the molecule is O=C(NCCC=Cc1cc2c(=O)[nH]cnn2c1)OCc1ccccc1. The Morgan fingerprint density at radius 2 is 2.16 bits per heavy atom. The van der Waals surface area contributed by atoms with E-state index >= 15 is 0 Å². The predicted molar refractivity (Wildman–Crippen MR) is 94.1 cm³/mol. The number of carbonyl (C=O) groups is 1. The van der Waals surface area contributed by atoms with E-state index in [0.717, 1.165) is 11.1 Å². The highest BCUT2D eigenvalue weighted by molar-refractivity contribution is 5.67. The molecule has 2 aromatic heterocycles. The van der Waals surface area contributed by atoms with Crippen molar-refractivity contribution in [3.63, 3.8) is 0 Å². The average molecular weight is 338 g/mol. The molecule has 2 N–H and O–H groups in total. The number of H-pyrrole nitrogens is 1. The van der Waals surface area contributed by atoms with Crippen LogP contribution in [0, 0.1) is 0 Å². The van der Waals surface area contributed by atoms with E-state index < -0.39 is 6.09 Å². The van der Waals surface area contributed by atoms with E-state index in [1.54, 1.807) is 12.3 Å². The number of hydrogen-bond acceptors (Lipinski definition) is 4. The van der Waals surface area contributed by atoms with Gasteiger partial charge in [0, 0.05) is 12.7 Å². The Kier molecular flexibility index (Phi) is 5.26. The largest absolute Gasteiger partial charge is 0.445 e. The Bertz CT molecular complexity index is 928. The molecule has 2 heterocycles. The molecule has 3 aromatic rings. The van der Waals surface area contributed by atoms with Gasteiger partial charge in [-0.1, -0.05) is 42.5 Å². The third kappa shape index (κ3) is 4.57. The molecular formula is C18H18N4O3. The number of fused-ring (bicyclic) bond motifs is 1. The second-order valence-corrected chi connectivity index (χ2v) is 5.40. The molecule has 0 aliphatic rings. The second kappa shape index (κ2) is 7.96. The summed E-state index contributed by atoms with van der Waals surface area (Å²) in [4.78, 5) is 25.7. The highest BCUT2D eigenvalue weighted by Gasteiger charge is 2.02. The van der Waals surface area contributed by atoms with Gasteiger partial charge in [-0.05, 0) is 23.6 Å². The van der Waals surface area contributed by atoms with E-state index in [-0.39, 0.29) is 12.2 Å². The number of carbonyl (C=O) groups excluding carboxylic acids is 1. The van der Waals surface area contributed by atoms with Crippen LogP contribution in [0.3, 0.4) is 0 Å². The minimum absolute atomic E-state index is 0.183. The van der Waals surface area contributed by atoms with Crippen LogP contribution in [0.2, 0.25) is 0 Å². The van der Waals surface area contributed by atoms with Crippen LogP contribution in [-0.4, -0.2) is 27.2 Å². The Morgan fingerprint density at radius 1 is 1.32 bits per heavy atom. The smallest absolute Gasteiger partial charge is 0.407 e. The van der Waals surface area contributed by atoms with Crippen LogP contribution in [0.15, 0.2) is 59.8 Å².